The maximum Gasteiger partial charge on any atom is 0.244 e. The minimum Gasteiger partial charge on any atom is -0.353 e. The van der Waals surface area contributed by atoms with Crippen LogP contribution in [0.1, 0.15) is 17.2 Å². The molecule has 9 nitrogen and oxygen atoms in total. The molecule has 1 aliphatic rings. The summed E-state index contributed by atoms with van der Waals surface area (Å²) in [5.41, 5.74) is 2.00. The lowest BCUT2D eigenvalue weighted by atomic mass is 10.3. The molecule has 3 aromatic heterocycles. The number of amides is 1. The van der Waals surface area contributed by atoms with Gasteiger partial charge in [0.05, 0.1) is 5.69 Å². The number of hydrogen-bond donors (Lipinski definition) is 0. The van der Waals surface area contributed by atoms with Crippen molar-refractivity contribution in [3.63, 3.8) is 0 Å². The summed E-state index contributed by atoms with van der Waals surface area (Å²) in [6.07, 6.45) is 3.49. The number of nitrogens with zero attached hydrogens (tertiary/aromatic N) is 8. The highest BCUT2D eigenvalue weighted by atomic mass is 16.2. The van der Waals surface area contributed by atoms with Gasteiger partial charge in [-0.1, -0.05) is 0 Å². The highest BCUT2D eigenvalue weighted by Gasteiger charge is 2.23. The Labute approximate surface area is 163 Å². The lowest BCUT2D eigenvalue weighted by Crippen LogP contribution is -2.50. The van der Waals surface area contributed by atoms with Crippen LogP contribution in [0.2, 0.25) is 0 Å². The van der Waals surface area contributed by atoms with Gasteiger partial charge >= 0.3 is 0 Å². The fraction of sp³-hybridized carbons (Fsp3) is 0.421. The zero-order valence-electron chi connectivity index (χ0n) is 16.4. The molecule has 1 saturated heterocycles. The fourth-order valence-corrected chi connectivity index (χ4v) is 3.49. The first-order chi connectivity index (χ1) is 13.5. The molecule has 4 heterocycles. The number of hydrogen-bond acceptors (Lipinski definition) is 6. The van der Waals surface area contributed by atoms with E-state index in [1.807, 2.05) is 48.6 Å². The Bertz CT molecular complexity index is 970. The maximum atomic E-state index is 12.5. The van der Waals surface area contributed by atoms with Crippen LogP contribution >= 0.6 is 0 Å². The predicted octanol–water partition coefficient (Wildman–Crippen LogP) is 1.13. The van der Waals surface area contributed by atoms with Gasteiger partial charge in [0.2, 0.25) is 5.91 Å². The average Bonchev–Trinajstić information content (AvgIpc) is 3.30. The van der Waals surface area contributed by atoms with Crippen LogP contribution < -0.4 is 4.90 Å². The van der Waals surface area contributed by atoms with E-state index in [1.54, 1.807) is 17.1 Å². The SMILES string of the molecule is Cc1cc(C)n(-c2cc(N3CCN(C(=O)Cn4cccn4)CC3)nc(C)n2)n1. The number of carbonyl (C=O) groups excluding carboxylic acids is 1. The highest BCUT2D eigenvalue weighted by Crippen LogP contribution is 2.19. The molecule has 4 rings (SSSR count). The second-order valence-corrected chi connectivity index (χ2v) is 7.04. The van der Waals surface area contributed by atoms with Crippen LogP contribution in [-0.4, -0.2) is 66.5 Å². The van der Waals surface area contributed by atoms with Gasteiger partial charge in [0.15, 0.2) is 5.82 Å². The van der Waals surface area contributed by atoms with Gasteiger partial charge in [0.1, 0.15) is 18.2 Å². The zero-order chi connectivity index (χ0) is 19.7. The Morgan fingerprint density at radius 3 is 2.43 bits per heavy atom. The van der Waals surface area contributed by atoms with Crippen LogP contribution in [0.25, 0.3) is 5.82 Å². The second-order valence-electron chi connectivity index (χ2n) is 7.04. The van der Waals surface area contributed by atoms with Crippen LogP contribution in [-0.2, 0) is 11.3 Å². The Morgan fingerprint density at radius 1 is 1.04 bits per heavy atom. The number of aromatic nitrogens is 6. The third-order valence-electron chi connectivity index (χ3n) is 4.85. The molecule has 1 aliphatic heterocycles. The molecule has 0 N–H and O–H groups in total. The standard InChI is InChI=1S/C19H24N8O/c1-14-11-15(2)27(23-14)18-12-17(21-16(3)22-18)24-7-9-25(10-8-24)19(28)13-26-6-4-5-20-26/h4-6,11-12H,7-10,13H2,1-3H3. The summed E-state index contributed by atoms with van der Waals surface area (Å²) in [7, 11) is 0. The molecule has 1 fully saturated rings. The van der Waals surface area contributed by atoms with E-state index in [0.29, 0.717) is 18.9 Å². The second kappa shape index (κ2) is 7.41. The molecule has 146 valence electrons. The summed E-state index contributed by atoms with van der Waals surface area (Å²) >= 11 is 0. The third-order valence-corrected chi connectivity index (χ3v) is 4.85. The molecule has 3 aromatic rings. The number of carbonyl (C=O) groups is 1. The van der Waals surface area contributed by atoms with Crippen LogP contribution in [0.5, 0.6) is 0 Å². The summed E-state index contributed by atoms with van der Waals surface area (Å²) in [6, 6.07) is 5.82. The topological polar surface area (TPSA) is 85.0 Å². The zero-order valence-corrected chi connectivity index (χ0v) is 16.4. The van der Waals surface area contributed by atoms with Crippen molar-refractivity contribution in [2.75, 3.05) is 31.1 Å². The largest absolute Gasteiger partial charge is 0.353 e. The molecule has 0 aliphatic carbocycles. The summed E-state index contributed by atoms with van der Waals surface area (Å²) in [6.45, 7) is 8.95. The van der Waals surface area contributed by atoms with Gasteiger partial charge in [0, 0.05) is 50.3 Å². The Hall–Kier alpha value is -3.23. The normalized spacial score (nSPS) is 14.5. The number of aryl methyl sites for hydroxylation is 3. The summed E-state index contributed by atoms with van der Waals surface area (Å²) in [5.74, 6) is 2.43. The quantitative estimate of drug-likeness (QED) is 0.675. The number of anilines is 1. The minimum atomic E-state index is 0.0885. The molecule has 1 amide bonds. The average molecular weight is 380 g/mol. The van der Waals surface area contributed by atoms with Crippen molar-refractivity contribution in [1.29, 1.82) is 0 Å². The van der Waals surface area contributed by atoms with Crippen LogP contribution in [0.4, 0.5) is 5.82 Å². The Morgan fingerprint density at radius 2 is 1.79 bits per heavy atom. The molecule has 0 aromatic carbocycles. The van der Waals surface area contributed by atoms with E-state index in [2.05, 4.69) is 25.1 Å². The van der Waals surface area contributed by atoms with Crippen molar-refractivity contribution in [1.82, 2.24) is 34.4 Å². The highest BCUT2D eigenvalue weighted by molar-refractivity contribution is 5.76. The smallest absolute Gasteiger partial charge is 0.244 e. The molecule has 0 saturated carbocycles. The van der Waals surface area contributed by atoms with E-state index in [9.17, 15) is 4.79 Å². The number of piperazine rings is 1. The van der Waals surface area contributed by atoms with Gasteiger partial charge in [-0.05, 0) is 32.9 Å². The van der Waals surface area contributed by atoms with Crippen molar-refractivity contribution in [3.8, 4) is 5.82 Å². The summed E-state index contributed by atoms with van der Waals surface area (Å²) in [5, 5.41) is 8.63. The van der Waals surface area contributed by atoms with Crippen molar-refractivity contribution in [2.45, 2.75) is 27.3 Å². The van der Waals surface area contributed by atoms with Gasteiger partial charge in [0.25, 0.3) is 0 Å². The Balaban J connectivity index is 1.46. The molecule has 0 radical (unpaired) electrons. The van der Waals surface area contributed by atoms with Crippen molar-refractivity contribution >= 4 is 11.7 Å². The molecular weight excluding hydrogens is 356 g/mol. The Kier molecular flexibility index (Phi) is 4.81. The molecule has 0 spiro atoms. The van der Waals surface area contributed by atoms with Crippen LogP contribution in [0, 0.1) is 20.8 Å². The van der Waals surface area contributed by atoms with Gasteiger partial charge in [-0.25, -0.2) is 14.6 Å². The molecular formula is C19H24N8O. The molecule has 0 atom stereocenters. The van der Waals surface area contributed by atoms with E-state index in [1.165, 1.54) is 0 Å². The van der Waals surface area contributed by atoms with E-state index in [-0.39, 0.29) is 12.5 Å². The lowest BCUT2D eigenvalue weighted by Gasteiger charge is -2.35. The van der Waals surface area contributed by atoms with Crippen LogP contribution in [0.3, 0.4) is 0 Å². The van der Waals surface area contributed by atoms with Crippen molar-refractivity contribution < 1.29 is 4.79 Å². The lowest BCUT2D eigenvalue weighted by molar-refractivity contribution is -0.132. The van der Waals surface area contributed by atoms with E-state index < -0.39 is 0 Å². The summed E-state index contributed by atoms with van der Waals surface area (Å²) in [4.78, 5) is 25.7. The maximum absolute atomic E-state index is 12.5. The monoisotopic (exact) mass is 380 g/mol. The molecule has 0 unspecified atom stereocenters. The van der Waals surface area contributed by atoms with Crippen LogP contribution in [0.15, 0.2) is 30.6 Å². The fourth-order valence-electron chi connectivity index (χ4n) is 3.49. The first-order valence-electron chi connectivity index (χ1n) is 9.39. The van der Waals surface area contributed by atoms with Crippen molar-refractivity contribution in [2.24, 2.45) is 0 Å². The first kappa shape index (κ1) is 18.1. The van der Waals surface area contributed by atoms with Gasteiger partial charge < -0.3 is 9.80 Å². The molecule has 28 heavy (non-hydrogen) atoms. The van der Waals surface area contributed by atoms with E-state index >= 15 is 0 Å². The summed E-state index contributed by atoms with van der Waals surface area (Å²) < 4.78 is 3.50. The van der Waals surface area contributed by atoms with E-state index in [4.69, 9.17) is 0 Å². The van der Waals surface area contributed by atoms with Crippen molar-refractivity contribution in [3.05, 3.63) is 47.8 Å². The number of rotatable bonds is 4. The molecule has 0 bridgehead atoms. The third kappa shape index (κ3) is 3.73. The van der Waals surface area contributed by atoms with Gasteiger partial charge in [-0.15, -0.1) is 0 Å². The minimum absolute atomic E-state index is 0.0885. The van der Waals surface area contributed by atoms with Gasteiger partial charge in [-0.3, -0.25) is 9.48 Å². The first-order valence-corrected chi connectivity index (χ1v) is 9.39. The van der Waals surface area contributed by atoms with Gasteiger partial charge in [-0.2, -0.15) is 10.2 Å². The molecule has 9 heteroatoms. The predicted molar refractivity (Wildman–Crippen MR) is 104 cm³/mol. The van der Waals surface area contributed by atoms with E-state index in [0.717, 1.165) is 36.1 Å².